The minimum atomic E-state index is -0.0912. The maximum absolute atomic E-state index is 2.76. The Kier molecular flexibility index (Phi) is 9.15. The first-order valence-corrected chi connectivity index (χ1v) is 31.5. The fourth-order valence-corrected chi connectivity index (χ4v) is 18.8. The average Bonchev–Trinajstić information content (AvgIpc) is 0.871. The summed E-state index contributed by atoms with van der Waals surface area (Å²) in [6, 6.07) is 2.76. The molecule has 0 saturated carbocycles. The molecule has 1 aromatic carbocycles. The highest BCUT2D eigenvalue weighted by atomic mass is 14.5. The molecule has 0 nitrogen and oxygen atoms in total. The lowest BCUT2D eigenvalue weighted by molar-refractivity contribution is 0.778. The van der Waals surface area contributed by atoms with Crippen molar-refractivity contribution < 1.29 is 0 Å². The first kappa shape index (κ1) is 46.5. The molecule has 1 aromatic rings. The first-order chi connectivity index (χ1) is 42.6. The summed E-state index contributed by atoms with van der Waals surface area (Å²) < 4.78 is 0. The van der Waals surface area contributed by atoms with Crippen molar-refractivity contribution in [3.05, 3.63) is 428 Å². The van der Waals surface area contributed by atoms with Crippen molar-refractivity contribution in [2.75, 3.05) is 0 Å². The highest BCUT2D eigenvalue weighted by Gasteiger charge is 2.47. The van der Waals surface area contributed by atoms with Crippen molar-refractivity contribution in [2.45, 2.75) is 31.1 Å². The molecular formula is C86H56. The Labute approximate surface area is 502 Å². The fourth-order valence-electron chi connectivity index (χ4n) is 18.8. The van der Waals surface area contributed by atoms with Gasteiger partial charge in [0.05, 0.1) is 0 Å². The van der Waals surface area contributed by atoms with Crippen LogP contribution in [0.2, 0.25) is 0 Å². The van der Waals surface area contributed by atoms with Crippen molar-refractivity contribution in [1.29, 1.82) is 0 Å². The first-order valence-electron chi connectivity index (χ1n) is 31.5. The van der Waals surface area contributed by atoms with Crippen LogP contribution in [0, 0.1) is 29.6 Å². The van der Waals surface area contributed by atoms with Crippen LogP contribution in [-0.2, 0) is 0 Å². The maximum atomic E-state index is 2.76. The zero-order valence-electron chi connectivity index (χ0n) is 47.5. The van der Waals surface area contributed by atoms with E-state index in [1.807, 2.05) is 0 Å². The van der Waals surface area contributed by atoms with Crippen molar-refractivity contribution in [2.24, 2.45) is 29.6 Å². The van der Waals surface area contributed by atoms with Gasteiger partial charge in [0.15, 0.2) is 0 Å². The minimum Gasteiger partial charge on any atom is -0.0795 e. The highest BCUT2D eigenvalue weighted by molar-refractivity contribution is 6.02. The second kappa shape index (κ2) is 16.9. The summed E-state index contributed by atoms with van der Waals surface area (Å²) in [5.41, 5.74) is 46.2. The molecule has 0 bridgehead atoms. The van der Waals surface area contributed by atoms with Crippen LogP contribution >= 0.6 is 0 Å². The molecule has 20 aliphatic rings. The van der Waals surface area contributed by atoms with Crippen LogP contribution in [0.3, 0.4) is 0 Å². The molecule has 0 radical (unpaired) electrons. The van der Waals surface area contributed by atoms with Gasteiger partial charge in [0.25, 0.3) is 0 Å². The lowest BCUT2D eigenvalue weighted by atomic mass is 9.59. The highest BCUT2D eigenvalue weighted by Crippen LogP contribution is 2.62. The topological polar surface area (TPSA) is 0 Å². The molecule has 21 rings (SSSR count). The minimum absolute atomic E-state index is 0.0683. The second-order valence-electron chi connectivity index (χ2n) is 26.2. The molecule has 86 heavy (non-hydrogen) atoms. The molecule has 7 atom stereocenters. The third-order valence-corrected chi connectivity index (χ3v) is 22.3. The van der Waals surface area contributed by atoms with Gasteiger partial charge < -0.3 is 0 Å². The molecule has 7 unspecified atom stereocenters. The lowest BCUT2D eigenvalue weighted by Gasteiger charge is -2.44. The van der Waals surface area contributed by atoms with Crippen LogP contribution in [-0.4, -0.2) is 0 Å². The third kappa shape index (κ3) is 6.09. The van der Waals surface area contributed by atoms with Crippen LogP contribution in [0.15, 0.2) is 401 Å². The predicted octanol–water partition coefficient (Wildman–Crippen LogP) is 19.6. The third-order valence-electron chi connectivity index (χ3n) is 22.3. The monoisotopic (exact) mass is 1090 g/mol. The van der Waals surface area contributed by atoms with E-state index in [4.69, 9.17) is 0 Å². The molecular weight excluding hydrogens is 1030 g/mol. The molecule has 0 aliphatic heterocycles. The number of hydrogen-bond donors (Lipinski definition) is 0. The Morgan fingerprint density at radius 1 is 0.291 bits per heavy atom. The van der Waals surface area contributed by atoms with Gasteiger partial charge in [-0.1, -0.05) is 255 Å². The molecule has 0 spiro atoms. The van der Waals surface area contributed by atoms with Crippen LogP contribution < -0.4 is 0 Å². The average molecular weight is 1090 g/mol. The van der Waals surface area contributed by atoms with Crippen LogP contribution in [0.25, 0.3) is 16.7 Å². The largest absolute Gasteiger partial charge is 0.0795 e. The van der Waals surface area contributed by atoms with Crippen molar-refractivity contribution >= 4 is 16.7 Å². The summed E-state index contributed by atoms with van der Waals surface area (Å²) in [6.07, 6.45) is 105. The summed E-state index contributed by atoms with van der Waals surface area (Å²) in [6.45, 7) is 0. The Morgan fingerprint density at radius 3 is 1.42 bits per heavy atom. The molecule has 0 amide bonds. The van der Waals surface area contributed by atoms with Crippen LogP contribution in [0.4, 0.5) is 0 Å². The van der Waals surface area contributed by atoms with E-state index in [2.05, 4.69) is 261 Å². The Balaban J connectivity index is 0.924. The number of rotatable bonds is 5. The van der Waals surface area contributed by atoms with E-state index in [1.54, 1.807) is 0 Å². The summed E-state index contributed by atoms with van der Waals surface area (Å²) in [7, 11) is 0. The van der Waals surface area contributed by atoms with E-state index < -0.39 is 0 Å². The molecule has 0 N–H and O–H groups in total. The van der Waals surface area contributed by atoms with Crippen LogP contribution in [0.5, 0.6) is 0 Å². The molecule has 0 saturated heterocycles. The lowest BCUT2D eigenvalue weighted by Crippen LogP contribution is -2.28. The van der Waals surface area contributed by atoms with E-state index in [0.717, 1.165) is 19.3 Å². The molecule has 0 aromatic heterocycles. The molecule has 20 aliphatic carbocycles. The number of allylic oxidation sites excluding steroid dienone is 70. The van der Waals surface area contributed by atoms with E-state index in [1.165, 1.54) is 184 Å². The summed E-state index contributed by atoms with van der Waals surface area (Å²) in [5, 5.41) is 0. The molecule has 0 heteroatoms. The predicted molar refractivity (Wildman–Crippen MR) is 353 cm³/mol. The standard InChI is InChI=1S/C86H56/c1-6-47-16-21-57-26-36-62(64-38-28-52(11-1)74(47)79(57)64)72-46-73(63-37-27-58-22-17-48-7-2-12-53-29-39-65(63)80(58)75(48)53)85(70-44-34-60-24-19-50-9-4-14-55-31-41-67(70)82(60)77(50)55)86(71-45-35-61-25-20-51-10-5-15-56-32-42-68(71)83(61)78(51)56)84(72)69-43-33-59-23-18-49-8-3-13-54-30-40-66(69)81(59)76(49)54/h1-6,8-13,15-25,27-46,69,71,74,76,78,80,82H,7,14,26H2. The normalized spacial score (nSPS) is 30.3. The van der Waals surface area contributed by atoms with Crippen LogP contribution in [0.1, 0.15) is 58.9 Å². The van der Waals surface area contributed by atoms with E-state index >= 15 is 0 Å². The van der Waals surface area contributed by atoms with Gasteiger partial charge in [0.2, 0.25) is 0 Å². The van der Waals surface area contributed by atoms with Crippen molar-refractivity contribution in [3.63, 3.8) is 0 Å². The summed E-state index contributed by atoms with van der Waals surface area (Å²) >= 11 is 0. The van der Waals surface area contributed by atoms with Crippen molar-refractivity contribution in [3.8, 4) is 0 Å². The molecule has 0 fully saturated rings. The Hall–Kier alpha value is -9.88. The van der Waals surface area contributed by atoms with Gasteiger partial charge in [-0.15, -0.1) is 0 Å². The van der Waals surface area contributed by atoms with Gasteiger partial charge in [-0.3, -0.25) is 0 Å². The van der Waals surface area contributed by atoms with Crippen molar-refractivity contribution in [1.82, 2.24) is 0 Å². The van der Waals surface area contributed by atoms with E-state index in [0.29, 0.717) is 0 Å². The van der Waals surface area contributed by atoms with Gasteiger partial charge in [-0.2, -0.15) is 0 Å². The van der Waals surface area contributed by atoms with Gasteiger partial charge in [0.1, 0.15) is 0 Å². The maximum Gasteiger partial charge on any atom is 0.0354 e. The number of hydrogen-bond acceptors (Lipinski definition) is 0. The number of benzene rings is 1. The van der Waals surface area contributed by atoms with Gasteiger partial charge in [-0.05, 0) is 209 Å². The van der Waals surface area contributed by atoms with Gasteiger partial charge in [0, 0.05) is 41.4 Å². The zero-order valence-corrected chi connectivity index (χ0v) is 47.5. The SMILES string of the molecule is C1=CC2=CC=C3C4=C(C=CC(=C1)C24)C=CC3c1c(C2=CCC3=CC=C4C=CC=C5C=CC2=C3C54)cc(C2=C3C=CC4=C5C(=CC=C(C=C2)C35)CC=C4)c(C2=CC=C3C=CC4=C5C(=CC=C2C35)CC=C4)c1C1C=CC2=C3C1=CC=C1C=CC=C(C=C2)C13. The van der Waals surface area contributed by atoms with E-state index in [9.17, 15) is 0 Å². The van der Waals surface area contributed by atoms with E-state index in [-0.39, 0.29) is 41.4 Å². The van der Waals surface area contributed by atoms with Gasteiger partial charge >= 0.3 is 0 Å². The second-order valence-corrected chi connectivity index (χ2v) is 26.2. The summed E-state index contributed by atoms with van der Waals surface area (Å²) in [4.78, 5) is 0. The smallest absolute Gasteiger partial charge is 0.0354 e. The molecule has 0 heterocycles. The Bertz CT molecular complexity index is 4990. The zero-order chi connectivity index (χ0) is 55.6. The Morgan fingerprint density at radius 2 is 0.767 bits per heavy atom. The van der Waals surface area contributed by atoms with Gasteiger partial charge in [-0.25, -0.2) is 0 Å². The summed E-state index contributed by atoms with van der Waals surface area (Å²) in [5.74, 6) is 0.725. The quantitative estimate of drug-likeness (QED) is 0.276. The molecule has 400 valence electrons. The fraction of sp³-hybridized carbons (Fsp3) is 0.116.